The van der Waals surface area contributed by atoms with Gasteiger partial charge in [-0.25, -0.2) is 4.39 Å². The maximum absolute atomic E-state index is 13.2. The van der Waals surface area contributed by atoms with Crippen LogP contribution in [-0.4, -0.2) is 22.5 Å². The van der Waals surface area contributed by atoms with Gasteiger partial charge < -0.3 is 10.4 Å². The van der Waals surface area contributed by atoms with E-state index in [9.17, 15) is 14.0 Å². The van der Waals surface area contributed by atoms with Gasteiger partial charge in [0.15, 0.2) is 0 Å². The zero-order chi connectivity index (χ0) is 15.5. The van der Waals surface area contributed by atoms with E-state index in [2.05, 4.69) is 21.2 Å². The van der Waals surface area contributed by atoms with Gasteiger partial charge in [-0.15, -0.1) is 0 Å². The number of hydrogen-bond acceptors (Lipinski definition) is 2. The van der Waals surface area contributed by atoms with Crippen LogP contribution in [0.5, 0.6) is 0 Å². The highest BCUT2D eigenvalue weighted by atomic mass is 79.9. The number of halogens is 2. The van der Waals surface area contributed by atoms with Gasteiger partial charge >= 0.3 is 5.97 Å². The molecular weight excluding hydrogens is 341 g/mol. The van der Waals surface area contributed by atoms with E-state index in [0.717, 1.165) is 16.5 Å². The second-order valence-corrected chi connectivity index (χ2v) is 6.34. The van der Waals surface area contributed by atoms with E-state index in [4.69, 9.17) is 5.11 Å². The van der Waals surface area contributed by atoms with Crippen LogP contribution in [0.2, 0.25) is 0 Å². The van der Waals surface area contributed by atoms with Gasteiger partial charge in [0, 0.05) is 10.9 Å². The second kappa shape index (κ2) is 6.56. The Morgan fingerprint density at radius 2 is 2.10 bits per heavy atom. The topological polar surface area (TPSA) is 66.4 Å². The first-order valence-corrected chi connectivity index (χ1v) is 7.66. The summed E-state index contributed by atoms with van der Waals surface area (Å²) in [6, 6.07) is 4.36. The highest BCUT2D eigenvalue weighted by molar-refractivity contribution is 9.10. The predicted molar refractivity (Wildman–Crippen MR) is 79.4 cm³/mol. The Balaban J connectivity index is 1.90. The van der Waals surface area contributed by atoms with E-state index >= 15 is 0 Å². The lowest BCUT2D eigenvalue weighted by Crippen LogP contribution is -2.54. The van der Waals surface area contributed by atoms with Crippen LogP contribution in [0.15, 0.2) is 22.7 Å². The van der Waals surface area contributed by atoms with E-state index < -0.39 is 11.5 Å². The number of hydrogen-bond donors (Lipinski definition) is 2. The van der Waals surface area contributed by atoms with Crippen molar-refractivity contribution < 1.29 is 19.1 Å². The summed E-state index contributed by atoms with van der Waals surface area (Å²) in [6.07, 6.45) is 2.92. The molecule has 1 aromatic carbocycles. The van der Waals surface area contributed by atoms with E-state index in [1.54, 1.807) is 6.07 Å². The minimum absolute atomic E-state index is 0.0393. The van der Waals surface area contributed by atoms with Crippen molar-refractivity contribution in [3.8, 4) is 0 Å². The molecule has 0 atom stereocenters. The standard InChI is InChI=1S/C15H17BrFNO3/c16-12-4-3-11(17)8-10(12)2-5-13(19)18-15(6-1-7-15)9-14(20)21/h3-4,8H,1-2,5-7,9H2,(H,18,19)(H,20,21). The van der Waals surface area contributed by atoms with Gasteiger partial charge in [-0.2, -0.15) is 0 Å². The van der Waals surface area contributed by atoms with Crippen molar-refractivity contribution >= 4 is 27.8 Å². The largest absolute Gasteiger partial charge is 0.481 e. The number of carbonyl (C=O) groups is 2. The molecule has 21 heavy (non-hydrogen) atoms. The van der Waals surface area contributed by atoms with Crippen LogP contribution in [0.3, 0.4) is 0 Å². The van der Waals surface area contributed by atoms with Crippen LogP contribution >= 0.6 is 15.9 Å². The number of rotatable bonds is 6. The molecule has 1 aliphatic rings. The van der Waals surface area contributed by atoms with Crippen LogP contribution in [0.1, 0.15) is 37.7 Å². The quantitative estimate of drug-likeness (QED) is 0.822. The molecule has 0 spiro atoms. The fraction of sp³-hybridized carbons (Fsp3) is 0.467. The number of benzene rings is 1. The number of carboxylic acid groups (broad SMARTS) is 1. The molecule has 1 amide bonds. The molecule has 0 aromatic heterocycles. The molecule has 6 heteroatoms. The van der Waals surface area contributed by atoms with Gasteiger partial charge in [0.2, 0.25) is 5.91 Å². The van der Waals surface area contributed by atoms with Crippen molar-refractivity contribution in [3.05, 3.63) is 34.1 Å². The first-order valence-electron chi connectivity index (χ1n) is 6.87. The molecule has 1 aromatic rings. The SMILES string of the molecule is O=C(O)CC1(NC(=O)CCc2cc(F)ccc2Br)CCC1. The fourth-order valence-corrected chi connectivity index (χ4v) is 3.03. The molecule has 114 valence electrons. The number of carbonyl (C=O) groups excluding carboxylic acids is 1. The van der Waals surface area contributed by atoms with Gasteiger partial charge in [-0.3, -0.25) is 9.59 Å². The Labute approximate surface area is 130 Å². The average molecular weight is 358 g/mol. The van der Waals surface area contributed by atoms with Gasteiger partial charge in [-0.1, -0.05) is 15.9 Å². The van der Waals surface area contributed by atoms with Crippen molar-refractivity contribution in [1.29, 1.82) is 0 Å². The molecule has 1 saturated carbocycles. The predicted octanol–water partition coefficient (Wildman–Crippen LogP) is 3.03. The Morgan fingerprint density at radius 3 is 2.67 bits per heavy atom. The molecule has 0 unspecified atom stereocenters. The zero-order valence-corrected chi connectivity index (χ0v) is 13.1. The fourth-order valence-electron chi connectivity index (χ4n) is 2.58. The molecule has 0 bridgehead atoms. The maximum atomic E-state index is 13.2. The Bertz CT molecular complexity index is 558. The summed E-state index contributed by atoms with van der Waals surface area (Å²) in [5, 5.41) is 11.7. The van der Waals surface area contributed by atoms with E-state index in [-0.39, 0.29) is 24.6 Å². The number of nitrogens with one attached hydrogen (secondary N) is 1. The molecule has 0 radical (unpaired) electrons. The molecule has 2 N–H and O–H groups in total. The number of aryl methyl sites for hydroxylation is 1. The molecule has 1 fully saturated rings. The molecule has 0 heterocycles. The minimum Gasteiger partial charge on any atom is -0.481 e. The first-order chi connectivity index (χ1) is 9.90. The lowest BCUT2D eigenvalue weighted by Gasteiger charge is -2.41. The van der Waals surface area contributed by atoms with E-state index in [1.807, 2.05) is 0 Å². The summed E-state index contributed by atoms with van der Waals surface area (Å²) in [7, 11) is 0. The lowest BCUT2D eigenvalue weighted by molar-refractivity contribution is -0.140. The van der Waals surface area contributed by atoms with Crippen molar-refractivity contribution in [1.82, 2.24) is 5.32 Å². The van der Waals surface area contributed by atoms with Crippen LogP contribution in [0.25, 0.3) is 0 Å². The van der Waals surface area contributed by atoms with Gasteiger partial charge in [0.1, 0.15) is 5.82 Å². The summed E-state index contributed by atoms with van der Waals surface area (Å²) in [5.41, 5.74) is 0.147. The highest BCUT2D eigenvalue weighted by Crippen LogP contribution is 2.35. The van der Waals surface area contributed by atoms with E-state index in [0.29, 0.717) is 19.3 Å². The number of amides is 1. The Morgan fingerprint density at radius 1 is 1.38 bits per heavy atom. The van der Waals surface area contributed by atoms with Crippen molar-refractivity contribution in [2.24, 2.45) is 0 Å². The summed E-state index contributed by atoms with van der Waals surface area (Å²) in [6.45, 7) is 0. The summed E-state index contributed by atoms with van der Waals surface area (Å²) >= 11 is 3.32. The first kappa shape index (κ1) is 15.9. The van der Waals surface area contributed by atoms with Crippen molar-refractivity contribution in [2.45, 2.75) is 44.1 Å². The zero-order valence-electron chi connectivity index (χ0n) is 11.5. The molecule has 0 aliphatic heterocycles. The minimum atomic E-state index is -0.900. The summed E-state index contributed by atoms with van der Waals surface area (Å²) in [5.74, 6) is -1.43. The third kappa shape index (κ3) is 4.27. The van der Waals surface area contributed by atoms with Crippen LogP contribution < -0.4 is 5.32 Å². The Hall–Kier alpha value is -1.43. The smallest absolute Gasteiger partial charge is 0.305 e. The molecule has 1 aliphatic carbocycles. The van der Waals surface area contributed by atoms with E-state index in [1.165, 1.54) is 12.1 Å². The normalized spacial score (nSPS) is 16.1. The van der Waals surface area contributed by atoms with Crippen molar-refractivity contribution in [2.75, 3.05) is 0 Å². The summed E-state index contributed by atoms with van der Waals surface area (Å²) in [4.78, 5) is 22.8. The number of aliphatic carboxylic acids is 1. The summed E-state index contributed by atoms with van der Waals surface area (Å²) < 4.78 is 13.9. The maximum Gasteiger partial charge on any atom is 0.305 e. The van der Waals surface area contributed by atoms with Crippen LogP contribution in [0, 0.1) is 5.82 Å². The van der Waals surface area contributed by atoms with Gasteiger partial charge in [-0.05, 0) is 49.4 Å². The second-order valence-electron chi connectivity index (χ2n) is 5.49. The van der Waals surface area contributed by atoms with Gasteiger partial charge in [0.25, 0.3) is 0 Å². The molecule has 2 rings (SSSR count). The Kier molecular flexibility index (Phi) is 4.98. The lowest BCUT2D eigenvalue weighted by atomic mass is 9.74. The molecule has 4 nitrogen and oxygen atoms in total. The monoisotopic (exact) mass is 357 g/mol. The third-order valence-electron chi connectivity index (χ3n) is 3.83. The van der Waals surface area contributed by atoms with Crippen molar-refractivity contribution in [3.63, 3.8) is 0 Å². The molecular formula is C15H17BrFNO3. The molecule has 0 saturated heterocycles. The average Bonchev–Trinajstić information content (AvgIpc) is 2.36. The highest BCUT2D eigenvalue weighted by Gasteiger charge is 2.40. The van der Waals surface area contributed by atoms with Crippen LogP contribution in [0.4, 0.5) is 4.39 Å². The number of carboxylic acids is 1. The third-order valence-corrected chi connectivity index (χ3v) is 4.61. The van der Waals surface area contributed by atoms with Crippen LogP contribution in [-0.2, 0) is 16.0 Å². The van der Waals surface area contributed by atoms with Gasteiger partial charge in [0.05, 0.1) is 12.0 Å².